The molecule has 8 nitrogen and oxygen atoms in total. The van der Waals surface area contributed by atoms with E-state index in [1.54, 1.807) is 42.5 Å². The van der Waals surface area contributed by atoms with Gasteiger partial charge >= 0.3 is 6.03 Å². The minimum atomic E-state index is -0.669. The van der Waals surface area contributed by atoms with Gasteiger partial charge in [-0.3, -0.25) is 14.5 Å². The second-order valence-electron chi connectivity index (χ2n) is 5.50. The van der Waals surface area contributed by atoms with E-state index in [1.165, 1.54) is 4.90 Å². The van der Waals surface area contributed by atoms with Crippen molar-refractivity contribution < 1.29 is 19.1 Å². The summed E-state index contributed by atoms with van der Waals surface area (Å²) in [6.45, 7) is -0.262. The Morgan fingerprint density at radius 2 is 1.77 bits per heavy atom. The fourth-order valence-corrected chi connectivity index (χ4v) is 2.82. The number of anilines is 3. The van der Waals surface area contributed by atoms with E-state index >= 15 is 0 Å². The van der Waals surface area contributed by atoms with Gasteiger partial charge in [0.25, 0.3) is 5.91 Å². The molecule has 0 radical (unpaired) electrons. The average Bonchev–Trinajstić information content (AvgIpc) is 2.59. The van der Waals surface area contributed by atoms with Crippen molar-refractivity contribution in [2.75, 3.05) is 28.7 Å². The molecule has 0 aromatic heterocycles. The number of ether oxygens (including phenoxy) is 1. The van der Waals surface area contributed by atoms with Gasteiger partial charge in [0.2, 0.25) is 5.91 Å². The van der Waals surface area contributed by atoms with Crippen LogP contribution in [-0.4, -0.2) is 31.0 Å². The van der Waals surface area contributed by atoms with E-state index in [0.717, 1.165) is 4.47 Å². The zero-order chi connectivity index (χ0) is 18.7. The van der Waals surface area contributed by atoms with Crippen molar-refractivity contribution in [3.63, 3.8) is 0 Å². The third-order valence-corrected chi connectivity index (χ3v) is 4.10. The van der Waals surface area contributed by atoms with Gasteiger partial charge in [0.1, 0.15) is 12.3 Å². The first kappa shape index (κ1) is 17.7. The van der Waals surface area contributed by atoms with Crippen molar-refractivity contribution in [2.45, 2.75) is 0 Å². The van der Waals surface area contributed by atoms with Crippen LogP contribution in [0, 0.1) is 0 Å². The van der Waals surface area contributed by atoms with Gasteiger partial charge in [-0.2, -0.15) is 0 Å². The van der Waals surface area contributed by atoms with Crippen LogP contribution in [0.5, 0.6) is 5.75 Å². The summed E-state index contributed by atoms with van der Waals surface area (Å²) in [6.07, 6.45) is 0. The summed E-state index contributed by atoms with van der Waals surface area (Å²) in [7, 11) is 0. The van der Waals surface area contributed by atoms with Crippen molar-refractivity contribution >= 4 is 50.8 Å². The lowest BCUT2D eigenvalue weighted by molar-refractivity contribution is -0.123. The lowest BCUT2D eigenvalue weighted by atomic mass is 10.2. The molecule has 0 bridgehead atoms. The van der Waals surface area contributed by atoms with Gasteiger partial charge in [0.15, 0.2) is 6.61 Å². The predicted molar refractivity (Wildman–Crippen MR) is 100 cm³/mol. The molecule has 0 saturated heterocycles. The van der Waals surface area contributed by atoms with Crippen LogP contribution in [0.15, 0.2) is 46.9 Å². The van der Waals surface area contributed by atoms with E-state index in [-0.39, 0.29) is 25.0 Å². The number of rotatable bonds is 4. The summed E-state index contributed by atoms with van der Waals surface area (Å²) in [4.78, 5) is 36.6. The van der Waals surface area contributed by atoms with Crippen molar-refractivity contribution in [3.05, 3.63) is 46.9 Å². The maximum atomic E-state index is 12.3. The monoisotopic (exact) mass is 418 g/mol. The number of hydrogen-bond acceptors (Lipinski definition) is 4. The third-order valence-electron chi connectivity index (χ3n) is 3.60. The number of nitrogens with two attached hydrogens (primary N) is 1. The number of primary amides is 1. The number of amides is 4. The highest BCUT2D eigenvalue weighted by Crippen LogP contribution is 2.34. The molecule has 0 saturated carbocycles. The Kier molecular flexibility index (Phi) is 5.08. The Bertz CT molecular complexity index is 870. The summed E-state index contributed by atoms with van der Waals surface area (Å²) in [5.74, 6) is -0.116. The first-order valence-corrected chi connectivity index (χ1v) is 8.41. The predicted octanol–water partition coefficient (Wildman–Crippen LogP) is 2.30. The van der Waals surface area contributed by atoms with E-state index in [1.807, 2.05) is 0 Å². The average molecular weight is 419 g/mol. The highest BCUT2D eigenvalue weighted by molar-refractivity contribution is 9.10. The molecule has 0 atom stereocenters. The smallest absolute Gasteiger partial charge is 0.316 e. The molecule has 0 unspecified atom stereocenters. The molecule has 2 aromatic rings. The zero-order valence-electron chi connectivity index (χ0n) is 13.5. The Labute approximate surface area is 157 Å². The van der Waals surface area contributed by atoms with Crippen LogP contribution in [0.25, 0.3) is 0 Å². The third kappa shape index (κ3) is 4.12. The van der Waals surface area contributed by atoms with Gasteiger partial charge in [-0.25, -0.2) is 4.79 Å². The summed E-state index contributed by atoms with van der Waals surface area (Å²) >= 11 is 3.34. The molecule has 0 fully saturated rings. The normalized spacial score (nSPS) is 12.8. The van der Waals surface area contributed by atoms with Crippen molar-refractivity contribution in [3.8, 4) is 5.75 Å². The van der Waals surface area contributed by atoms with E-state index in [9.17, 15) is 14.4 Å². The topological polar surface area (TPSA) is 114 Å². The van der Waals surface area contributed by atoms with Crippen LogP contribution >= 0.6 is 15.9 Å². The number of nitrogens with zero attached hydrogens (tertiary/aromatic N) is 1. The lowest BCUT2D eigenvalue weighted by Gasteiger charge is -2.29. The molecule has 2 aromatic carbocycles. The minimum absolute atomic E-state index is 0.121. The van der Waals surface area contributed by atoms with Gasteiger partial charge in [0, 0.05) is 15.8 Å². The molecule has 4 N–H and O–H groups in total. The number of fused-ring (bicyclic) bond motifs is 1. The highest BCUT2D eigenvalue weighted by Gasteiger charge is 2.27. The Morgan fingerprint density at radius 3 is 2.42 bits per heavy atom. The lowest BCUT2D eigenvalue weighted by Crippen LogP contribution is -2.43. The van der Waals surface area contributed by atoms with E-state index in [0.29, 0.717) is 22.8 Å². The van der Waals surface area contributed by atoms with Crippen LogP contribution in [0.2, 0.25) is 0 Å². The molecular weight excluding hydrogens is 404 g/mol. The standard InChI is InChI=1S/C17H15BrN4O4/c18-10-1-6-13-14(7-10)26-9-16(24)22(13)8-15(23)20-11-2-4-12(5-3-11)21-17(19)25/h1-7H,8-9H2,(H,20,23)(H3,19,21,25). The summed E-state index contributed by atoms with van der Waals surface area (Å²) in [5, 5.41) is 5.13. The number of carbonyl (C=O) groups excluding carboxylic acids is 3. The number of urea groups is 1. The summed E-state index contributed by atoms with van der Waals surface area (Å²) in [6, 6.07) is 11.0. The van der Waals surface area contributed by atoms with Crippen molar-refractivity contribution in [1.29, 1.82) is 0 Å². The number of carbonyl (C=O) groups is 3. The van der Waals surface area contributed by atoms with Crippen molar-refractivity contribution in [2.24, 2.45) is 5.73 Å². The molecule has 4 amide bonds. The minimum Gasteiger partial charge on any atom is -0.482 e. The molecule has 0 aliphatic carbocycles. The molecule has 1 heterocycles. The molecular formula is C17H15BrN4O4. The fraction of sp³-hybridized carbons (Fsp3) is 0.118. The van der Waals surface area contributed by atoms with Gasteiger partial charge in [-0.05, 0) is 42.5 Å². The highest BCUT2D eigenvalue weighted by atomic mass is 79.9. The molecule has 9 heteroatoms. The van der Waals surface area contributed by atoms with Gasteiger partial charge in [0.05, 0.1) is 5.69 Å². The van der Waals surface area contributed by atoms with Crippen LogP contribution < -0.4 is 26.0 Å². The summed E-state index contributed by atoms with van der Waals surface area (Å²) in [5.41, 5.74) is 6.62. The van der Waals surface area contributed by atoms with E-state index < -0.39 is 6.03 Å². The van der Waals surface area contributed by atoms with Crippen LogP contribution in [-0.2, 0) is 9.59 Å². The second kappa shape index (κ2) is 7.44. The Hall–Kier alpha value is -3.07. The first-order chi connectivity index (χ1) is 12.4. The first-order valence-electron chi connectivity index (χ1n) is 7.61. The maximum absolute atomic E-state index is 12.3. The number of nitrogens with one attached hydrogen (secondary N) is 2. The number of benzene rings is 2. The summed E-state index contributed by atoms with van der Waals surface area (Å²) < 4.78 is 6.21. The van der Waals surface area contributed by atoms with Crippen LogP contribution in [0.3, 0.4) is 0 Å². The Balaban J connectivity index is 1.68. The van der Waals surface area contributed by atoms with Crippen molar-refractivity contribution in [1.82, 2.24) is 0 Å². The largest absolute Gasteiger partial charge is 0.482 e. The quantitative estimate of drug-likeness (QED) is 0.706. The number of hydrogen-bond donors (Lipinski definition) is 3. The SMILES string of the molecule is NC(=O)Nc1ccc(NC(=O)CN2C(=O)COc3cc(Br)ccc32)cc1. The van der Waals surface area contributed by atoms with Gasteiger partial charge < -0.3 is 21.1 Å². The fourth-order valence-electron chi connectivity index (χ4n) is 2.47. The molecule has 1 aliphatic rings. The zero-order valence-corrected chi connectivity index (χ0v) is 15.1. The van der Waals surface area contributed by atoms with Crippen LogP contribution in [0.1, 0.15) is 0 Å². The Morgan fingerprint density at radius 1 is 1.12 bits per heavy atom. The molecule has 1 aliphatic heterocycles. The van der Waals surface area contributed by atoms with Gasteiger partial charge in [-0.1, -0.05) is 15.9 Å². The molecule has 0 spiro atoms. The number of halogens is 1. The molecule has 3 rings (SSSR count). The van der Waals surface area contributed by atoms with Gasteiger partial charge in [-0.15, -0.1) is 0 Å². The van der Waals surface area contributed by atoms with E-state index in [4.69, 9.17) is 10.5 Å². The van der Waals surface area contributed by atoms with Crippen LogP contribution in [0.4, 0.5) is 21.9 Å². The molecule has 26 heavy (non-hydrogen) atoms. The maximum Gasteiger partial charge on any atom is 0.316 e. The molecule has 134 valence electrons. The van der Waals surface area contributed by atoms with E-state index in [2.05, 4.69) is 26.6 Å². The second-order valence-corrected chi connectivity index (χ2v) is 6.41.